The van der Waals surface area contributed by atoms with Crippen molar-refractivity contribution in [1.82, 2.24) is 10.0 Å². The lowest BCUT2D eigenvalue weighted by molar-refractivity contribution is 0.218. The molecule has 1 aliphatic heterocycles. The lowest BCUT2D eigenvalue weighted by atomic mass is 9.83. The molecule has 0 amide bonds. The van der Waals surface area contributed by atoms with Crippen LogP contribution in [0, 0.1) is 0 Å². The van der Waals surface area contributed by atoms with E-state index < -0.39 is 10.0 Å². The highest BCUT2D eigenvalue weighted by Gasteiger charge is 2.30. The van der Waals surface area contributed by atoms with Crippen molar-refractivity contribution < 1.29 is 13.2 Å². The third kappa shape index (κ3) is 4.44. The number of nitrogens with one attached hydrogen (secondary N) is 2. The van der Waals surface area contributed by atoms with E-state index in [9.17, 15) is 8.42 Å². The van der Waals surface area contributed by atoms with Crippen molar-refractivity contribution in [1.29, 1.82) is 0 Å². The summed E-state index contributed by atoms with van der Waals surface area (Å²) in [5.41, 5.74) is 3.36. The average Bonchev–Trinajstić information content (AvgIpc) is 2.67. The zero-order valence-corrected chi connectivity index (χ0v) is 16.1. The van der Waals surface area contributed by atoms with Gasteiger partial charge in [0.15, 0.2) is 0 Å². The zero-order valence-electron chi connectivity index (χ0n) is 15.2. The van der Waals surface area contributed by atoms with Crippen molar-refractivity contribution in [2.24, 2.45) is 0 Å². The summed E-state index contributed by atoms with van der Waals surface area (Å²) in [5, 5.41) is 3.36. The molecular formula is C20H26N2O3S. The van der Waals surface area contributed by atoms with Crippen LogP contribution in [-0.2, 0) is 23.0 Å². The first-order valence-corrected chi connectivity index (χ1v) is 10.6. The Morgan fingerprint density at radius 3 is 2.58 bits per heavy atom. The Bertz CT molecular complexity index is 837. The van der Waals surface area contributed by atoms with E-state index in [4.69, 9.17) is 4.74 Å². The van der Waals surface area contributed by atoms with Crippen LogP contribution in [0.15, 0.2) is 48.5 Å². The van der Waals surface area contributed by atoms with E-state index in [-0.39, 0.29) is 17.7 Å². The molecule has 0 unspecified atom stereocenters. The van der Waals surface area contributed by atoms with Crippen LogP contribution in [0.4, 0.5) is 0 Å². The van der Waals surface area contributed by atoms with E-state index in [0.29, 0.717) is 13.2 Å². The first-order valence-electron chi connectivity index (χ1n) is 8.96. The van der Waals surface area contributed by atoms with Crippen molar-refractivity contribution in [3.8, 4) is 5.75 Å². The highest BCUT2D eigenvalue weighted by molar-refractivity contribution is 7.89. The van der Waals surface area contributed by atoms with Crippen molar-refractivity contribution in [3.63, 3.8) is 0 Å². The molecule has 1 heterocycles. The van der Waals surface area contributed by atoms with E-state index in [1.807, 2.05) is 25.2 Å². The van der Waals surface area contributed by atoms with Crippen molar-refractivity contribution in [2.45, 2.75) is 31.8 Å². The molecule has 3 rings (SSSR count). The predicted molar refractivity (Wildman–Crippen MR) is 104 cm³/mol. The summed E-state index contributed by atoms with van der Waals surface area (Å²) in [4.78, 5) is 0. The molecule has 0 bridgehead atoms. The van der Waals surface area contributed by atoms with Crippen LogP contribution in [0.1, 0.15) is 29.5 Å². The third-order valence-electron chi connectivity index (χ3n) is 4.92. The fourth-order valence-electron chi connectivity index (χ4n) is 3.34. The first kappa shape index (κ1) is 18.9. The number of hydrogen-bond donors (Lipinski definition) is 2. The van der Waals surface area contributed by atoms with Crippen LogP contribution >= 0.6 is 0 Å². The van der Waals surface area contributed by atoms with E-state index >= 15 is 0 Å². The molecule has 0 spiro atoms. The van der Waals surface area contributed by atoms with Crippen LogP contribution in [0.2, 0.25) is 0 Å². The van der Waals surface area contributed by atoms with Crippen molar-refractivity contribution in [2.75, 3.05) is 19.4 Å². The zero-order chi connectivity index (χ0) is 18.6. The van der Waals surface area contributed by atoms with Crippen LogP contribution in [-0.4, -0.2) is 33.9 Å². The highest BCUT2D eigenvalue weighted by Crippen LogP contribution is 2.36. The number of sulfonamides is 1. The first-order chi connectivity index (χ1) is 12.5. The van der Waals surface area contributed by atoms with E-state index in [1.54, 1.807) is 6.92 Å². The number of hydrogen-bond acceptors (Lipinski definition) is 4. The van der Waals surface area contributed by atoms with Gasteiger partial charge >= 0.3 is 0 Å². The SMILES string of the molecule is CCS(=O)(=O)NCc1ccc2c(c1)[C@H](Cc1ccccc1)[C@@H](NC)CO2. The Morgan fingerprint density at radius 1 is 1.12 bits per heavy atom. The molecule has 0 radical (unpaired) electrons. The van der Waals surface area contributed by atoms with Crippen LogP contribution in [0.3, 0.4) is 0 Å². The summed E-state index contributed by atoms with van der Waals surface area (Å²) < 4.78 is 32.0. The monoisotopic (exact) mass is 374 g/mol. The summed E-state index contributed by atoms with van der Waals surface area (Å²) in [6, 6.07) is 16.6. The van der Waals surface area contributed by atoms with Gasteiger partial charge in [0.05, 0.1) is 5.75 Å². The number of likely N-dealkylation sites (N-methyl/N-ethyl adjacent to an activating group) is 1. The Hall–Kier alpha value is -1.89. The van der Waals surface area contributed by atoms with Gasteiger partial charge in [0, 0.05) is 18.5 Å². The summed E-state index contributed by atoms with van der Waals surface area (Å²) in [6.45, 7) is 2.56. The minimum Gasteiger partial charge on any atom is -0.492 e. The van der Waals surface area contributed by atoms with Gasteiger partial charge < -0.3 is 10.1 Å². The standard InChI is InChI=1S/C20H26N2O3S/c1-3-26(23,24)22-13-16-9-10-20-18(12-16)17(19(21-2)14-25-20)11-15-7-5-4-6-8-15/h4-10,12,17,19,21-22H,3,11,13-14H2,1-2H3/t17-,19-/m0/s1. The quantitative estimate of drug-likeness (QED) is 0.781. The highest BCUT2D eigenvalue weighted by atomic mass is 32.2. The van der Waals surface area contributed by atoms with Crippen LogP contribution < -0.4 is 14.8 Å². The summed E-state index contributed by atoms with van der Waals surface area (Å²) in [6.07, 6.45) is 0.910. The van der Waals surface area contributed by atoms with Gasteiger partial charge in [0.2, 0.25) is 10.0 Å². The fraction of sp³-hybridized carbons (Fsp3) is 0.400. The normalized spacial score (nSPS) is 19.6. The Labute approximate surface area is 155 Å². The summed E-state index contributed by atoms with van der Waals surface area (Å²) in [7, 11) is -1.26. The van der Waals surface area contributed by atoms with Gasteiger partial charge in [0.25, 0.3) is 0 Å². The van der Waals surface area contributed by atoms with Gasteiger partial charge in [-0.3, -0.25) is 0 Å². The molecule has 0 aliphatic carbocycles. The molecule has 140 valence electrons. The van der Waals surface area contributed by atoms with Crippen molar-refractivity contribution >= 4 is 10.0 Å². The van der Waals surface area contributed by atoms with Gasteiger partial charge in [-0.25, -0.2) is 13.1 Å². The van der Waals surface area contributed by atoms with Crippen LogP contribution in [0.5, 0.6) is 5.75 Å². The molecule has 0 aromatic heterocycles. The van der Waals surface area contributed by atoms with Gasteiger partial charge in [-0.15, -0.1) is 0 Å². The molecule has 6 heteroatoms. The average molecular weight is 375 g/mol. The number of fused-ring (bicyclic) bond motifs is 1. The molecule has 2 N–H and O–H groups in total. The molecule has 0 saturated carbocycles. The van der Waals surface area contributed by atoms with E-state index in [0.717, 1.165) is 23.3 Å². The molecule has 1 aliphatic rings. The minimum absolute atomic E-state index is 0.0828. The second-order valence-electron chi connectivity index (χ2n) is 6.60. The van der Waals surface area contributed by atoms with E-state index in [2.05, 4.69) is 40.4 Å². The molecule has 26 heavy (non-hydrogen) atoms. The molecule has 0 fully saturated rings. The smallest absolute Gasteiger partial charge is 0.211 e. The number of ether oxygens (including phenoxy) is 1. The maximum absolute atomic E-state index is 11.7. The van der Waals surface area contributed by atoms with Crippen molar-refractivity contribution in [3.05, 3.63) is 65.2 Å². The van der Waals surface area contributed by atoms with Crippen LogP contribution in [0.25, 0.3) is 0 Å². The minimum atomic E-state index is -3.21. The number of rotatable bonds is 7. The second-order valence-corrected chi connectivity index (χ2v) is 8.69. The third-order valence-corrected chi connectivity index (χ3v) is 6.27. The topological polar surface area (TPSA) is 67.4 Å². The predicted octanol–water partition coefficient (Wildman–Crippen LogP) is 2.43. The maximum atomic E-state index is 11.7. The summed E-state index contributed by atoms with van der Waals surface area (Å²) >= 11 is 0. The Kier molecular flexibility index (Phi) is 5.96. The van der Waals surface area contributed by atoms with Gasteiger partial charge in [-0.05, 0) is 43.1 Å². The van der Waals surface area contributed by atoms with Gasteiger partial charge in [0.1, 0.15) is 12.4 Å². The van der Waals surface area contributed by atoms with E-state index in [1.165, 1.54) is 5.56 Å². The number of benzene rings is 2. The molecule has 5 nitrogen and oxygen atoms in total. The van der Waals surface area contributed by atoms with Gasteiger partial charge in [-0.2, -0.15) is 0 Å². The largest absolute Gasteiger partial charge is 0.492 e. The molecule has 0 saturated heterocycles. The molecule has 2 aromatic rings. The summed E-state index contributed by atoms with van der Waals surface area (Å²) in [5.74, 6) is 1.24. The molecular weight excluding hydrogens is 348 g/mol. The fourth-order valence-corrected chi connectivity index (χ4v) is 3.93. The lowest BCUT2D eigenvalue weighted by Crippen LogP contribution is -2.41. The molecule has 2 aromatic carbocycles. The second kappa shape index (κ2) is 8.20. The maximum Gasteiger partial charge on any atom is 0.211 e. The lowest BCUT2D eigenvalue weighted by Gasteiger charge is -2.34. The van der Waals surface area contributed by atoms with Gasteiger partial charge in [-0.1, -0.05) is 42.5 Å². The Morgan fingerprint density at radius 2 is 1.88 bits per heavy atom. The Balaban J connectivity index is 1.87. The molecule has 2 atom stereocenters.